The highest BCUT2D eigenvalue weighted by molar-refractivity contribution is 5.92. The Bertz CT molecular complexity index is 1020. The Balaban J connectivity index is 1.53. The topological polar surface area (TPSA) is 96.3 Å². The summed E-state index contributed by atoms with van der Waals surface area (Å²) in [7, 11) is 1.76. The third kappa shape index (κ3) is 5.77. The molecule has 0 atom stereocenters. The van der Waals surface area contributed by atoms with Crippen LogP contribution in [0.2, 0.25) is 0 Å². The summed E-state index contributed by atoms with van der Waals surface area (Å²) in [6.45, 7) is 5.97. The molecule has 0 aliphatic heterocycles. The van der Waals surface area contributed by atoms with Gasteiger partial charge in [-0.15, -0.1) is 0 Å². The Labute approximate surface area is 169 Å². The third-order valence-electron chi connectivity index (χ3n) is 3.89. The van der Waals surface area contributed by atoms with Crippen molar-refractivity contribution in [3.63, 3.8) is 0 Å². The molecule has 0 saturated heterocycles. The molecule has 0 fully saturated rings. The molecule has 0 aliphatic rings. The lowest BCUT2D eigenvalue weighted by Crippen LogP contribution is -2.29. The summed E-state index contributed by atoms with van der Waals surface area (Å²) in [5.41, 5.74) is 3.16. The van der Waals surface area contributed by atoms with Gasteiger partial charge in [0, 0.05) is 48.7 Å². The van der Waals surface area contributed by atoms with Crippen LogP contribution in [0.5, 0.6) is 0 Å². The second-order valence-electron chi connectivity index (χ2n) is 6.34. The summed E-state index contributed by atoms with van der Waals surface area (Å²) >= 11 is 0. The van der Waals surface area contributed by atoms with Gasteiger partial charge < -0.3 is 10.2 Å². The van der Waals surface area contributed by atoms with Crippen LogP contribution < -0.4 is 5.32 Å². The highest BCUT2D eigenvalue weighted by Crippen LogP contribution is 2.15. The van der Waals surface area contributed by atoms with Crippen molar-refractivity contribution in [3.8, 4) is 11.4 Å². The number of amides is 1. The standard InChI is InChI=1S/C21H21N7O/c1-15-11-17(7-10-22-15)16(2)26-14-28(3)13-20(29)27-19-6-5-18(12-25-19)21-23-8-4-9-24-21/h4-12,14H,2,13H2,1,3H3,(H,25,27,29)/b26-14-. The number of nitrogens with one attached hydrogen (secondary N) is 1. The van der Waals surface area contributed by atoms with Crippen molar-refractivity contribution in [2.45, 2.75) is 6.92 Å². The van der Waals surface area contributed by atoms with Crippen LogP contribution in [0.15, 0.2) is 66.7 Å². The Morgan fingerprint density at radius 2 is 1.97 bits per heavy atom. The van der Waals surface area contributed by atoms with Crippen molar-refractivity contribution in [2.75, 3.05) is 18.9 Å². The molecule has 1 amide bonds. The highest BCUT2D eigenvalue weighted by atomic mass is 16.2. The van der Waals surface area contributed by atoms with Gasteiger partial charge in [0.15, 0.2) is 5.82 Å². The molecule has 0 saturated carbocycles. The minimum Gasteiger partial charge on any atom is -0.356 e. The van der Waals surface area contributed by atoms with E-state index in [1.54, 1.807) is 55.2 Å². The monoisotopic (exact) mass is 387 g/mol. The van der Waals surface area contributed by atoms with Crippen LogP contribution >= 0.6 is 0 Å². The predicted octanol–water partition coefficient (Wildman–Crippen LogP) is 2.81. The number of rotatable bonds is 7. The molecule has 8 nitrogen and oxygen atoms in total. The number of carbonyl (C=O) groups excluding carboxylic acids is 1. The van der Waals surface area contributed by atoms with Gasteiger partial charge in [-0.05, 0) is 37.3 Å². The van der Waals surface area contributed by atoms with Crippen LogP contribution in [0.1, 0.15) is 11.3 Å². The van der Waals surface area contributed by atoms with Crippen LogP contribution in [0.3, 0.4) is 0 Å². The molecular weight excluding hydrogens is 366 g/mol. The van der Waals surface area contributed by atoms with E-state index in [-0.39, 0.29) is 12.5 Å². The number of hydrogen-bond donors (Lipinski definition) is 1. The molecule has 0 unspecified atom stereocenters. The second kappa shape index (κ2) is 9.32. The van der Waals surface area contributed by atoms with E-state index in [0.717, 1.165) is 16.8 Å². The summed E-state index contributed by atoms with van der Waals surface area (Å²) in [4.78, 5) is 34.9. The quantitative estimate of drug-likeness (QED) is 0.495. The van der Waals surface area contributed by atoms with Crippen molar-refractivity contribution in [1.82, 2.24) is 24.8 Å². The molecule has 0 spiro atoms. The van der Waals surface area contributed by atoms with Gasteiger partial charge in [0.25, 0.3) is 0 Å². The fraction of sp³-hybridized carbons (Fsp3) is 0.143. The lowest BCUT2D eigenvalue weighted by molar-refractivity contribution is -0.116. The average molecular weight is 387 g/mol. The van der Waals surface area contributed by atoms with Gasteiger partial charge in [-0.2, -0.15) is 0 Å². The van der Waals surface area contributed by atoms with E-state index in [4.69, 9.17) is 0 Å². The first-order valence-corrected chi connectivity index (χ1v) is 8.91. The van der Waals surface area contributed by atoms with E-state index in [0.29, 0.717) is 17.3 Å². The average Bonchev–Trinajstić information content (AvgIpc) is 2.73. The van der Waals surface area contributed by atoms with Crippen LogP contribution in [-0.2, 0) is 4.79 Å². The number of pyridine rings is 2. The predicted molar refractivity (Wildman–Crippen MR) is 113 cm³/mol. The minimum atomic E-state index is -0.208. The molecule has 0 aromatic carbocycles. The molecule has 146 valence electrons. The molecule has 0 bridgehead atoms. The number of likely N-dealkylation sites (N-methyl/N-ethyl adjacent to an activating group) is 1. The molecule has 1 N–H and O–H groups in total. The molecular formula is C21H21N7O. The number of aliphatic imine (C=N–C) groups is 1. The van der Waals surface area contributed by atoms with Crippen molar-refractivity contribution < 1.29 is 4.79 Å². The second-order valence-corrected chi connectivity index (χ2v) is 6.34. The Hall–Kier alpha value is -3.94. The maximum Gasteiger partial charge on any atom is 0.245 e. The minimum absolute atomic E-state index is 0.122. The highest BCUT2D eigenvalue weighted by Gasteiger charge is 2.07. The van der Waals surface area contributed by atoms with Crippen molar-refractivity contribution in [2.24, 2.45) is 4.99 Å². The molecule has 0 aliphatic carbocycles. The molecule has 29 heavy (non-hydrogen) atoms. The summed E-state index contributed by atoms with van der Waals surface area (Å²) < 4.78 is 0. The Morgan fingerprint density at radius 3 is 2.66 bits per heavy atom. The maximum atomic E-state index is 12.2. The lowest BCUT2D eigenvalue weighted by atomic mass is 10.2. The van der Waals surface area contributed by atoms with Gasteiger partial charge in [0.1, 0.15) is 5.82 Å². The number of aryl methyl sites for hydroxylation is 1. The zero-order valence-electron chi connectivity index (χ0n) is 16.3. The van der Waals surface area contributed by atoms with E-state index in [9.17, 15) is 4.79 Å². The van der Waals surface area contributed by atoms with Crippen LogP contribution in [-0.4, -0.2) is 50.7 Å². The largest absolute Gasteiger partial charge is 0.356 e. The molecule has 0 radical (unpaired) electrons. The number of hydrogen-bond acceptors (Lipinski definition) is 6. The Morgan fingerprint density at radius 1 is 1.17 bits per heavy atom. The van der Waals surface area contributed by atoms with Crippen molar-refractivity contribution in [1.29, 1.82) is 0 Å². The van der Waals surface area contributed by atoms with Gasteiger partial charge in [-0.3, -0.25) is 9.78 Å². The normalized spacial score (nSPS) is 10.7. The first kappa shape index (κ1) is 19.8. The van der Waals surface area contributed by atoms with Gasteiger partial charge in [-0.1, -0.05) is 6.58 Å². The third-order valence-corrected chi connectivity index (χ3v) is 3.89. The van der Waals surface area contributed by atoms with Gasteiger partial charge in [-0.25, -0.2) is 19.9 Å². The van der Waals surface area contributed by atoms with Gasteiger partial charge >= 0.3 is 0 Å². The van der Waals surface area contributed by atoms with E-state index in [1.165, 1.54) is 0 Å². The summed E-state index contributed by atoms with van der Waals surface area (Å²) in [6, 6.07) is 9.02. The van der Waals surface area contributed by atoms with Crippen LogP contribution in [0, 0.1) is 6.92 Å². The molecule has 3 aromatic rings. The SMILES string of the molecule is C=C(/N=C\N(C)CC(=O)Nc1ccc(-c2ncccn2)cn1)c1ccnc(C)c1. The van der Waals surface area contributed by atoms with E-state index in [1.807, 2.05) is 25.1 Å². The zero-order chi connectivity index (χ0) is 20.6. The van der Waals surface area contributed by atoms with Crippen LogP contribution in [0.4, 0.5) is 5.82 Å². The zero-order valence-corrected chi connectivity index (χ0v) is 16.3. The number of nitrogens with zero attached hydrogens (tertiary/aromatic N) is 6. The fourth-order valence-electron chi connectivity index (χ4n) is 2.47. The molecule has 3 heterocycles. The number of aromatic nitrogens is 4. The van der Waals surface area contributed by atoms with Crippen molar-refractivity contribution in [3.05, 3.63) is 73.0 Å². The molecule has 3 aromatic heterocycles. The summed E-state index contributed by atoms with van der Waals surface area (Å²) in [6.07, 6.45) is 8.24. The fourth-order valence-corrected chi connectivity index (χ4v) is 2.47. The van der Waals surface area contributed by atoms with Crippen LogP contribution in [0.25, 0.3) is 17.1 Å². The summed E-state index contributed by atoms with van der Waals surface area (Å²) in [5, 5.41) is 2.75. The first-order valence-electron chi connectivity index (χ1n) is 8.91. The van der Waals surface area contributed by atoms with Gasteiger partial charge in [0.2, 0.25) is 5.91 Å². The van der Waals surface area contributed by atoms with Crippen molar-refractivity contribution >= 4 is 23.8 Å². The van der Waals surface area contributed by atoms with E-state index < -0.39 is 0 Å². The lowest BCUT2D eigenvalue weighted by Gasteiger charge is -2.13. The Kier molecular flexibility index (Phi) is 6.36. The number of anilines is 1. The van der Waals surface area contributed by atoms with Gasteiger partial charge in [0.05, 0.1) is 18.6 Å². The number of carbonyl (C=O) groups is 1. The van der Waals surface area contributed by atoms with E-state index in [2.05, 4.69) is 36.8 Å². The first-order chi connectivity index (χ1) is 14.0. The summed E-state index contributed by atoms with van der Waals surface area (Å²) in [5.74, 6) is 0.829. The maximum absolute atomic E-state index is 12.2. The molecule has 3 rings (SSSR count). The smallest absolute Gasteiger partial charge is 0.245 e. The molecule has 8 heteroatoms. The van der Waals surface area contributed by atoms with E-state index >= 15 is 0 Å².